The summed E-state index contributed by atoms with van der Waals surface area (Å²) in [5.74, 6) is 0.109. The van der Waals surface area contributed by atoms with E-state index in [1.165, 1.54) is 31.4 Å². The normalized spacial score (nSPS) is 26.1. The third kappa shape index (κ3) is 2.66. The lowest BCUT2D eigenvalue weighted by molar-refractivity contribution is -0.115. The summed E-state index contributed by atoms with van der Waals surface area (Å²) in [6.07, 6.45) is 4.75. The third-order valence-electron chi connectivity index (χ3n) is 4.43. The zero-order valence-corrected chi connectivity index (χ0v) is 12.1. The van der Waals surface area contributed by atoms with E-state index in [2.05, 4.69) is 28.5 Å². The van der Waals surface area contributed by atoms with E-state index >= 15 is 0 Å². The van der Waals surface area contributed by atoms with Gasteiger partial charge < -0.3 is 15.5 Å². The van der Waals surface area contributed by atoms with Gasteiger partial charge in [-0.2, -0.15) is 0 Å². The van der Waals surface area contributed by atoms with Gasteiger partial charge in [-0.05, 0) is 44.4 Å². The van der Waals surface area contributed by atoms with Crippen LogP contribution in [-0.2, 0) is 4.79 Å². The van der Waals surface area contributed by atoms with Crippen molar-refractivity contribution in [2.45, 2.75) is 44.7 Å². The molecule has 1 heterocycles. The molecule has 0 aromatic heterocycles. The van der Waals surface area contributed by atoms with Gasteiger partial charge in [-0.15, -0.1) is 0 Å². The number of amides is 1. The molecule has 0 radical (unpaired) electrons. The number of rotatable bonds is 3. The molecule has 1 fully saturated rings. The lowest BCUT2D eigenvalue weighted by atomic mass is 9.89. The quantitative estimate of drug-likeness (QED) is 0.888. The molecule has 3 rings (SSSR count). The largest absolute Gasteiger partial charge is 0.358 e. The Hall–Kier alpha value is -1.55. The smallest absolute Gasteiger partial charge is 0.243 e. The summed E-state index contributed by atoms with van der Waals surface area (Å²) < 4.78 is 0. The first-order valence-electron chi connectivity index (χ1n) is 7.67. The molecule has 2 aliphatic rings. The van der Waals surface area contributed by atoms with Gasteiger partial charge in [0.25, 0.3) is 0 Å². The monoisotopic (exact) mass is 273 g/mol. The van der Waals surface area contributed by atoms with Crippen LogP contribution in [0.15, 0.2) is 24.3 Å². The van der Waals surface area contributed by atoms with Gasteiger partial charge in [-0.1, -0.05) is 19.1 Å². The molecular weight excluding hydrogens is 250 g/mol. The fourth-order valence-corrected chi connectivity index (χ4v) is 3.47. The molecule has 1 amide bonds. The molecule has 1 aliphatic heterocycles. The Morgan fingerprint density at radius 2 is 2.00 bits per heavy atom. The van der Waals surface area contributed by atoms with Crippen molar-refractivity contribution in [1.82, 2.24) is 5.32 Å². The zero-order valence-electron chi connectivity index (χ0n) is 12.1. The van der Waals surface area contributed by atoms with Crippen LogP contribution >= 0.6 is 0 Å². The van der Waals surface area contributed by atoms with Crippen molar-refractivity contribution in [3.8, 4) is 0 Å². The van der Waals surface area contributed by atoms with E-state index in [-0.39, 0.29) is 5.91 Å². The lowest BCUT2D eigenvalue weighted by Crippen LogP contribution is -2.47. The molecular formula is C16H23N3O. The number of nitrogens with one attached hydrogen (secondary N) is 2. The van der Waals surface area contributed by atoms with E-state index in [0.717, 1.165) is 12.2 Å². The van der Waals surface area contributed by atoms with Crippen molar-refractivity contribution in [2.24, 2.45) is 0 Å². The number of para-hydroxylation sites is 2. The summed E-state index contributed by atoms with van der Waals surface area (Å²) in [6, 6.07) is 9.29. The molecule has 108 valence electrons. The second-order valence-electron chi connectivity index (χ2n) is 5.76. The highest BCUT2D eigenvalue weighted by Crippen LogP contribution is 2.34. The number of nitrogens with zero attached hydrogens (tertiary/aromatic N) is 1. The summed E-state index contributed by atoms with van der Waals surface area (Å²) in [5.41, 5.74) is 2.14. The number of hydrogen-bond acceptors (Lipinski definition) is 3. The predicted molar refractivity (Wildman–Crippen MR) is 82.1 cm³/mol. The fraction of sp³-hybridized carbons (Fsp3) is 0.562. The molecule has 4 nitrogen and oxygen atoms in total. The van der Waals surface area contributed by atoms with E-state index in [1.54, 1.807) is 0 Å². The van der Waals surface area contributed by atoms with Gasteiger partial charge in [0.1, 0.15) is 0 Å². The first kappa shape index (κ1) is 13.4. The van der Waals surface area contributed by atoms with Gasteiger partial charge in [0.15, 0.2) is 0 Å². The van der Waals surface area contributed by atoms with E-state index in [9.17, 15) is 4.79 Å². The van der Waals surface area contributed by atoms with Crippen LogP contribution in [0.5, 0.6) is 0 Å². The van der Waals surface area contributed by atoms with E-state index < -0.39 is 0 Å². The minimum Gasteiger partial charge on any atom is -0.358 e. The summed E-state index contributed by atoms with van der Waals surface area (Å²) >= 11 is 0. The van der Waals surface area contributed by atoms with Crippen LogP contribution in [0.2, 0.25) is 0 Å². The van der Waals surface area contributed by atoms with E-state index in [1.807, 2.05) is 18.2 Å². The van der Waals surface area contributed by atoms with Gasteiger partial charge in [0, 0.05) is 12.1 Å². The molecule has 0 bridgehead atoms. The highest BCUT2D eigenvalue weighted by Gasteiger charge is 2.30. The van der Waals surface area contributed by atoms with Crippen molar-refractivity contribution in [2.75, 3.05) is 23.3 Å². The fourth-order valence-electron chi connectivity index (χ4n) is 3.47. The standard InChI is InChI=1S/C16H23N3O/c1-2-17-12-7-9-13(10-8-12)19-11-16(20)18-14-5-3-4-6-15(14)19/h3-6,12-13,17H,2,7-11H2,1H3,(H,18,20). The molecule has 2 N–H and O–H groups in total. The summed E-state index contributed by atoms with van der Waals surface area (Å²) in [4.78, 5) is 14.2. The van der Waals surface area contributed by atoms with Gasteiger partial charge in [-0.3, -0.25) is 4.79 Å². The molecule has 0 unspecified atom stereocenters. The van der Waals surface area contributed by atoms with Crippen LogP contribution in [0.4, 0.5) is 11.4 Å². The Balaban J connectivity index is 1.73. The Morgan fingerprint density at radius 3 is 2.75 bits per heavy atom. The summed E-state index contributed by atoms with van der Waals surface area (Å²) in [6.45, 7) is 3.70. The first-order valence-corrected chi connectivity index (χ1v) is 7.67. The molecule has 1 saturated carbocycles. The molecule has 1 aromatic rings. The number of carbonyl (C=O) groups is 1. The molecule has 1 aliphatic carbocycles. The molecule has 0 spiro atoms. The van der Waals surface area contributed by atoms with Crippen LogP contribution in [0, 0.1) is 0 Å². The average Bonchev–Trinajstić information content (AvgIpc) is 2.47. The maximum atomic E-state index is 11.9. The van der Waals surface area contributed by atoms with Crippen LogP contribution < -0.4 is 15.5 Å². The minimum atomic E-state index is 0.109. The van der Waals surface area contributed by atoms with Crippen molar-refractivity contribution in [3.63, 3.8) is 0 Å². The topological polar surface area (TPSA) is 44.4 Å². The van der Waals surface area contributed by atoms with Crippen molar-refractivity contribution < 1.29 is 4.79 Å². The van der Waals surface area contributed by atoms with Gasteiger partial charge >= 0.3 is 0 Å². The molecule has 0 saturated heterocycles. The predicted octanol–water partition coefficient (Wildman–Crippen LogP) is 2.37. The van der Waals surface area contributed by atoms with Crippen molar-refractivity contribution >= 4 is 17.3 Å². The zero-order chi connectivity index (χ0) is 13.9. The van der Waals surface area contributed by atoms with Crippen LogP contribution in [-0.4, -0.2) is 31.1 Å². The third-order valence-corrected chi connectivity index (χ3v) is 4.43. The Labute approximate surface area is 120 Å². The number of carbonyl (C=O) groups excluding carboxylic acids is 1. The second-order valence-corrected chi connectivity index (χ2v) is 5.76. The molecule has 0 atom stereocenters. The van der Waals surface area contributed by atoms with Gasteiger partial charge in [0.2, 0.25) is 5.91 Å². The Morgan fingerprint density at radius 1 is 1.25 bits per heavy atom. The summed E-state index contributed by atoms with van der Waals surface area (Å²) in [7, 11) is 0. The van der Waals surface area contributed by atoms with Crippen LogP contribution in [0.3, 0.4) is 0 Å². The van der Waals surface area contributed by atoms with Crippen molar-refractivity contribution in [1.29, 1.82) is 0 Å². The number of hydrogen-bond donors (Lipinski definition) is 2. The average molecular weight is 273 g/mol. The van der Waals surface area contributed by atoms with Crippen LogP contribution in [0.1, 0.15) is 32.6 Å². The first-order chi connectivity index (χ1) is 9.78. The van der Waals surface area contributed by atoms with Gasteiger partial charge in [0.05, 0.1) is 17.9 Å². The molecule has 1 aromatic carbocycles. The molecule has 20 heavy (non-hydrogen) atoms. The highest BCUT2D eigenvalue weighted by molar-refractivity contribution is 6.01. The highest BCUT2D eigenvalue weighted by atomic mass is 16.2. The number of fused-ring (bicyclic) bond motifs is 1. The summed E-state index contributed by atoms with van der Waals surface area (Å²) in [5, 5.41) is 6.50. The van der Waals surface area contributed by atoms with Gasteiger partial charge in [-0.25, -0.2) is 0 Å². The Kier molecular flexibility index (Phi) is 3.92. The number of anilines is 2. The maximum Gasteiger partial charge on any atom is 0.243 e. The minimum absolute atomic E-state index is 0.109. The van der Waals surface area contributed by atoms with E-state index in [0.29, 0.717) is 18.6 Å². The molecule has 4 heteroatoms. The maximum absolute atomic E-state index is 11.9. The van der Waals surface area contributed by atoms with E-state index in [4.69, 9.17) is 0 Å². The van der Waals surface area contributed by atoms with Crippen LogP contribution in [0.25, 0.3) is 0 Å². The van der Waals surface area contributed by atoms with Crippen molar-refractivity contribution in [3.05, 3.63) is 24.3 Å². The number of benzene rings is 1. The SMILES string of the molecule is CCNC1CCC(N2CC(=O)Nc3ccccc32)CC1. The second kappa shape index (κ2) is 5.83. The Bertz CT molecular complexity index is 480. The lowest BCUT2D eigenvalue weighted by Gasteiger charge is -2.41.